The van der Waals surface area contributed by atoms with Crippen molar-refractivity contribution < 1.29 is 0 Å². The van der Waals surface area contributed by atoms with E-state index in [4.69, 9.17) is 0 Å². The lowest BCUT2D eigenvalue weighted by molar-refractivity contribution is 0.346. The lowest BCUT2D eigenvalue weighted by Gasteiger charge is -2.26. The summed E-state index contributed by atoms with van der Waals surface area (Å²) in [6, 6.07) is 9.21. The zero-order valence-corrected chi connectivity index (χ0v) is 13.1. The second-order valence-electron chi connectivity index (χ2n) is 6.85. The fraction of sp³-hybridized carbons (Fsp3) is 0.529. The molecule has 3 rings (SSSR count). The van der Waals surface area contributed by atoms with Crippen molar-refractivity contribution in [1.82, 2.24) is 20.3 Å². The van der Waals surface area contributed by atoms with Crippen molar-refractivity contribution in [2.45, 2.75) is 58.2 Å². The normalized spacial score (nSPS) is 18.5. The first-order valence-electron chi connectivity index (χ1n) is 7.77. The molecular weight excluding hydrogens is 260 g/mol. The van der Waals surface area contributed by atoms with Crippen LogP contribution < -0.4 is 5.32 Å². The number of benzene rings is 1. The van der Waals surface area contributed by atoms with E-state index in [1.54, 1.807) is 0 Å². The van der Waals surface area contributed by atoms with E-state index < -0.39 is 0 Å². The maximum Gasteiger partial charge on any atom is 0.0965 e. The lowest BCUT2D eigenvalue weighted by Crippen LogP contribution is -2.25. The van der Waals surface area contributed by atoms with E-state index in [2.05, 4.69) is 60.7 Å². The van der Waals surface area contributed by atoms with Crippen LogP contribution in [0.15, 0.2) is 30.5 Å². The van der Waals surface area contributed by atoms with Crippen LogP contribution in [0.5, 0.6) is 0 Å². The SMILES string of the molecule is CC(C)(C)n1cc(CNC2CCCc3ccccc32)nn1. The van der Waals surface area contributed by atoms with Crippen LogP contribution in [-0.4, -0.2) is 15.0 Å². The molecule has 4 heteroatoms. The highest BCUT2D eigenvalue weighted by molar-refractivity contribution is 5.32. The molecule has 4 nitrogen and oxygen atoms in total. The van der Waals surface area contributed by atoms with Crippen LogP contribution in [-0.2, 0) is 18.5 Å². The summed E-state index contributed by atoms with van der Waals surface area (Å²) in [5.41, 5.74) is 3.93. The Morgan fingerprint density at radius 1 is 1.29 bits per heavy atom. The first-order chi connectivity index (χ1) is 10.0. The van der Waals surface area contributed by atoms with Crippen molar-refractivity contribution in [3.63, 3.8) is 0 Å². The lowest BCUT2D eigenvalue weighted by atomic mass is 9.88. The summed E-state index contributed by atoms with van der Waals surface area (Å²) in [4.78, 5) is 0. The fourth-order valence-electron chi connectivity index (χ4n) is 2.90. The van der Waals surface area contributed by atoms with Gasteiger partial charge in [0.1, 0.15) is 0 Å². The monoisotopic (exact) mass is 284 g/mol. The minimum absolute atomic E-state index is 0.0112. The maximum absolute atomic E-state index is 4.27. The number of nitrogens with one attached hydrogen (secondary N) is 1. The van der Waals surface area contributed by atoms with E-state index in [0.29, 0.717) is 6.04 Å². The van der Waals surface area contributed by atoms with E-state index in [0.717, 1.165) is 12.2 Å². The van der Waals surface area contributed by atoms with Gasteiger partial charge in [-0.05, 0) is 51.2 Å². The molecule has 0 amide bonds. The van der Waals surface area contributed by atoms with Crippen LogP contribution in [0.25, 0.3) is 0 Å². The third kappa shape index (κ3) is 3.16. The molecular formula is C17H24N4. The predicted octanol–water partition coefficient (Wildman–Crippen LogP) is 3.20. The minimum atomic E-state index is -0.0112. The molecule has 0 aliphatic heterocycles. The summed E-state index contributed by atoms with van der Waals surface area (Å²) < 4.78 is 1.93. The molecule has 1 aliphatic carbocycles. The van der Waals surface area contributed by atoms with E-state index in [-0.39, 0.29) is 5.54 Å². The molecule has 0 radical (unpaired) electrons. The summed E-state index contributed by atoms with van der Waals surface area (Å²) >= 11 is 0. The van der Waals surface area contributed by atoms with Crippen molar-refractivity contribution in [3.05, 3.63) is 47.3 Å². The van der Waals surface area contributed by atoms with Gasteiger partial charge < -0.3 is 5.32 Å². The molecule has 1 aromatic heterocycles. The Kier molecular flexibility index (Phi) is 3.81. The van der Waals surface area contributed by atoms with Gasteiger partial charge in [0.15, 0.2) is 0 Å². The summed E-state index contributed by atoms with van der Waals surface area (Å²) in [6.07, 6.45) is 5.70. The Bertz CT molecular complexity index is 609. The van der Waals surface area contributed by atoms with Crippen LogP contribution in [0, 0.1) is 0 Å². The minimum Gasteiger partial charge on any atom is -0.304 e. The molecule has 1 unspecified atom stereocenters. The number of nitrogens with zero attached hydrogens (tertiary/aromatic N) is 3. The van der Waals surface area contributed by atoms with Crippen molar-refractivity contribution in [3.8, 4) is 0 Å². The maximum atomic E-state index is 4.27. The van der Waals surface area contributed by atoms with Gasteiger partial charge >= 0.3 is 0 Å². The molecule has 1 heterocycles. The summed E-state index contributed by atoms with van der Waals surface area (Å²) in [6.45, 7) is 7.18. The zero-order chi connectivity index (χ0) is 14.9. The Balaban J connectivity index is 1.68. The summed E-state index contributed by atoms with van der Waals surface area (Å²) in [5, 5.41) is 12.1. The molecule has 0 saturated heterocycles. The van der Waals surface area contributed by atoms with E-state index >= 15 is 0 Å². The van der Waals surface area contributed by atoms with Gasteiger partial charge in [0.25, 0.3) is 0 Å². The highest BCUT2D eigenvalue weighted by Crippen LogP contribution is 2.29. The van der Waals surface area contributed by atoms with Gasteiger partial charge in [-0.1, -0.05) is 29.5 Å². The number of aromatic nitrogens is 3. The van der Waals surface area contributed by atoms with Crippen LogP contribution in [0.3, 0.4) is 0 Å². The smallest absolute Gasteiger partial charge is 0.0965 e. The number of fused-ring (bicyclic) bond motifs is 1. The molecule has 1 aliphatic rings. The standard InChI is InChI=1S/C17H24N4/c1-17(2,3)21-12-14(19-20-21)11-18-16-10-6-8-13-7-4-5-9-15(13)16/h4-5,7,9,12,16,18H,6,8,10-11H2,1-3H3. The Hall–Kier alpha value is -1.68. The van der Waals surface area contributed by atoms with Gasteiger partial charge in [-0.15, -0.1) is 5.10 Å². The van der Waals surface area contributed by atoms with Crippen molar-refractivity contribution >= 4 is 0 Å². The van der Waals surface area contributed by atoms with Gasteiger partial charge in [0.05, 0.1) is 17.4 Å². The van der Waals surface area contributed by atoms with Crippen molar-refractivity contribution in [1.29, 1.82) is 0 Å². The van der Waals surface area contributed by atoms with Gasteiger partial charge in [-0.2, -0.15) is 0 Å². The second-order valence-corrected chi connectivity index (χ2v) is 6.85. The average molecular weight is 284 g/mol. The first-order valence-corrected chi connectivity index (χ1v) is 7.77. The Labute approximate surface area is 126 Å². The molecule has 21 heavy (non-hydrogen) atoms. The van der Waals surface area contributed by atoms with E-state index in [9.17, 15) is 0 Å². The Morgan fingerprint density at radius 2 is 2.10 bits per heavy atom. The first kappa shape index (κ1) is 14.3. The number of rotatable bonds is 3. The third-order valence-corrected chi connectivity index (χ3v) is 4.13. The fourth-order valence-corrected chi connectivity index (χ4v) is 2.90. The molecule has 2 aromatic rings. The Morgan fingerprint density at radius 3 is 2.86 bits per heavy atom. The number of aryl methyl sites for hydroxylation is 1. The number of hydrogen-bond acceptors (Lipinski definition) is 3. The largest absolute Gasteiger partial charge is 0.304 e. The molecule has 0 spiro atoms. The highest BCUT2D eigenvalue weighted by atomic mass is 15.4. The quantitative estimate of drug-likeness (QED) is 0.941. The molecule has 1 N–H and O–H groups in total. The van der Waals surface area contributed by atoms with Crippen LogP contribution in [0.2, 0.25) is 0 Å². The summed E-state index contributed by atoms with van der Waals surface area (Å²) in [7, 11) is 0. The molecule has 0 saturated carbocycles. The van der Waals surface area contributed by atoms with Crippen molar-refractivity contribution in [2.24, 2.45) is 0 Å². The van der Waals surface area contributed by atoms with E-state index in [1.807, 2.05) is 10.9 Å². The molecule has 0 fully saturated rings. The topological polar surface area (TPSA) is 42.7 Å². The second kappa shape index (κ2) is 5.60. The van der Waals surface area contributed by atoms with Gasteiger partial charge in [-0.3, -0.25) is 0 Å². The number of hydrogen-bond donors (Lipinski definition) is 1. The highest BCUT2D eigenvalue weighted by Gasteiger charge is 2.20. The van der Waals surface area contributed by atoms with Crippen LogP contribution >= 0.6 is 0 Å². The van der Waals surface area contributed by atoms with Crippen LogP contribution in [0.1, 0.15) is 56.5 Å². The van der Waals surface area contributed by atoms with Gasteiger partial charge in [-0.25, -0.2) is 4.68 Å². The van der Waals surface area contributed by atoms with Gasteiger partial charge in [0, 0.05) is 12.6 Å². The third-order valence-electron chi connectivity index (χ3n) is 4.13. The van der Waals surface area contributed by atoms with Crippen LogP contribution in [0.4, 0.5) is 0 Å². The van der Waals surface area contributed by atoms with Gasteiger partial charge in [0.2, 0.25) is 0 Å². The molecule has 1 atom stereocenters. The van der Waals surface area contributed by atoms with E-state index in [1.165, 1.54) is 30.4 Å². The predicted molar refractivity (Wildman–Crippen MR) is 84.0 cm³/mol. The molecule has 0 bridgehead atoms. The zero-order valence-electron chi connectivity index (χ0n) is 13.1. The molecule has 112 valence electrons. The van der Waals surface area contributed by atoms with Crippen molar-refractivity contribution in [2.75, 3.05) is 0 Å². The summed E-state index contributed by atoms with van der Waals surface area (Å²) in [5.74, 6) is 0. The average Bonchev–Trinajstić information content (AvgIpc) is 2.94. The molecule has 1 aromatic carbocycles.